The Bertz CT molecular complexity index is 310. The molecule has 1 N–H and O–H groups in total. The number of carbonyl (C=O) groups is 1. The van der Waals surface area contributed by atoms with E-state index in [9.17, 15) is 4.79 Å². The number of hydrogen-bond acceptors (Lipinski definition) is 2. The zero-order chi connectivity index (χ0) is 9.97. The number of likely N-dealkylation sites (tertiary alicyclic amines) is 1. The van der Waals surface area contributed by atoms with Gasteiger partial charge < -0.3 is 10.0 Å². The Balaban J connectivity index is 2.18. The van der Waals surface area contributed by atoms with Crippen molar-refractivity contribution in [3.8, 4) is 0 Å². The standard InChI is InChI=1S/C10H13NO2S/c12-10(13)11-6-2-1-4-8(11)9-5-3-7-14-9/h3,5,7-8H,1-2,4,6H2,(H,12,13). The highest BCUT2D eigenvalue weighted by molar-refractivity contribution is 7.10. The van der Waals surface area contributed by atoms with Gasteiger partial charge in [-0.05, 0) is 30.7 Å². The number of carboxylic acid groups (broad SMARTS) is 1. The van der Waals surface area contributed by atoms with Gasteiger partial charge in [0.15, 0.2) is 0 Å². The Morgan fingerprint density at radius 3 is 3.07 bits per heavy atom. The zero-order valence-corrected chi connectivity index (χ0v) is 8.67. The van der Waals surface area contributed by atoms with Crippen molar-refractivity contribution in [2.75, 3.05) is 6.54 Å². The van der Waals surface area contributed by atoms with E-state index in [-0.39, 0.29) is 6.04 Å². The van der Waals surface area contributed by atoms with Crippen molar-refractivity contribution in [2.24, 2.45) is 0 Å². The fraction of sp³-hybridized carbons (Fsp3) is 0.500. The van der Waals surface area contributed by atoms with Gasteiger partial charge in [0.2, 0.25) is 0 Å². The average Bonchev–Trinajstić information content (AvgIpc) is 2.70. The number of hydrogen-bond donors (Lipinski definition) is 1. The average molecular weight is 211 g/mol. The number of piperidine rings is 1. The van der Waals surface area contributed by atoms with Crippen LogP contribution < -0.4 is 0 Å². The van der Waals surface area contributed by atoms with Crippen molar-refractivity contribution in [3.05, 3.63) is 22.4 Å². The van der Waals surface area contributed by atoms with Gasteiger partial charge in [-0.25, -0.2) is 4.79 Å². The van der Waals surface area contributed by atoms with Gasteiger partial charge in [0.1, 0.15) is 0 Å². The molecule has 14 heavy (non-hydrogen) atoms. The summed E-state index contributed by atoms with van der Waals surface area (Å²) in [7, 11) is 0. The molecule has 0 spiro atoms. The van der Waals surface area contributed by atoms with Crippen LogP contribution in [0, 0.1) is 0 Å². The molecule has 0 aromatic carbocycles. The molecule has 0 radical (unpaired) electrons. The SMILES string of the molecule is O=C(O)N1CCCCC1c1cccs1. The van der Waals surface area contributed by atoms with Crippen LogP contribution in [-0.4, -0.2) is 22.6 Å². The topological polar surface area (TPSA) is 40.5 Å². The van der Waals surface area contributed by atoms with Crippen LogP contribution in [-0.2, 0) is 0 Å². The monoisotopic (exact) mass is 211 g/mol. The Morgan fingerprint density at radius 2 is 2.43 bits per heavy atom. The third-order valence-corrected chi connectivity index (χ3v) is 3.59. The molecule has 4 heteroatoms. The maximum absolute atomic E-state index is 11.0. The van der Waals surface area contributed by atoms with Crippen LogP contribution in [0.3, 0.4) is 0 Å². The van der Waals surface area contributed by atoms with Gasteiger partial charge in [-0.15, -0.1) is 11.3 Å². The van der Waals surface area contributed by atoms with E-state index < -0.39 is 6.09 Å². The van der Waals surface area contributed by atoms with Crippen molar-refractivity contribution in [1.82, 2.24) is 4.90 Å². The van der Waals surface area contributed by atoms with Crippen LogP contribution in [0.5, 0.6) is 0 Å². The molecule has 1 atom stereocenters. The Labute approximate surface area is 87.0 Å². The Kier molecular flexibility index (Phi) is 2.72. The molecule has 1 unspecified atom stereocenters. The van der Waals surface area contributed by atoms with Gasteiger partial charge in [-0.1, -0.05) is 6.07 Å². The van der Waals surface area contributed by atoms with E-state index in [1.165, 1.54) is 4.88 Å². The molecule has 0 saturated carbocycles. The molecule has 76 valence electrons. The van der Waals surface area contributed by atoms with Gasteiger partial charge in [-0.2, -0.15) is 0 Å². The van der Waals surface area contributed by atoms with Crippen molar-refractivity contribution in [3.63, 3.8) is 0 Å². The summed E-state index contributed by atoms with van der Waals surface area (Å²) in [6.07, 6.45) is 2.30. The summed E-state index contributed by atoms with van der Waals surface area (Å²) < 4.78 is 0. The van der Waals surface area contributed by atoms with E-state index >= 15 is 0 Å². The molecule has 3 nitrogen and oxygen atoms in total. The van der Waals surface area contributed by atoms with Crippen molar-refractivity contribution in [2.45, 2.75) is 25.3 Å². The molecular weight excluding hydrogens is 198 g/mol. The van der Waals surface area contributed by atoms with Crippen molar-refractivity contribution >= 4 is 17.4 Å². The molecule has 1 aromatic heterocycles. The lowest BCUT2D eigenvalue weighted by atomic mass is 10.0. The van der Waals surface area contributed by atoms with Gasteiger partial charge >= 0.3 is 6.09 Å². The minimum Gasteiger partial charge on any atom is -0.465 e. The Morgan fingerprint density at radius 1 is 1.57 bits per heavy atom. The zero-order valence-electron chi connectivity index (χ0n) is 7.85. The molecular formula is C10H13NO2S. The predicted molar refractivity (Wildman–Crippen MR) is 55.6 cm³/mol. The summed E-state index contributed by atoms with van der Waals surface area (Å²) in [6.45, 7) is 0.678. The van der Waals surface area contributed by atoms with Gasteiger partial charge in [0, 0.05) is 11.4 Å². The smallest absolute Gasteiger partial charge is 0.407 e. The maximum Gasteiger partial charge on any atom is 0.407 e. The molecule has 2 heterocycles. The van der Waals surface area contributed by atoms with Crippen LogP contribution in [0.4, 0.5) is 4.79 Å². The fourth-order valence-electron chi connectivity index (χ4n) is 1.94. The number of rotatable bonds is 1. The van der Waals surface area contributed by atoms with E-state index in [0.29, 0.717) is 6.54 Å². The number of nitrogens with zero attached hydrogens (tertiary/aromatic N) is 1. The summed E-state index contributed by atoms with van der Waals surface area (Å²) in [5, 5.41) is 11.0. The first-order valence-electron chi connectivity index (χ1n) is 4.82. The Hall–Kier alpha value is -1.03. The largest absolute Gasteiger partial charge is 0.465 e. The van der Waals surface area contributed by atoms with Crippen LogP contribution in [0.25, 0.3) is 0 Å². The van der Waals surface area contributed by atoms with E-state index in [2.05, 4.69) is 0 Å². The van der Waals surface area contributed by atoms with Gasteiger partial charge in [0.25, 0.3) is 0 Å². The first kappa shape index (κ1) is 9.52. The van der Waals surface area contributed by atoms with E-state index in [4.69, 9.17) is 5.11 Å². The molecule has 1 aromatic rings. The minimum absolute atomic E-state index is 0.0984. The second-order valence-electron chi connectivity index (χ2n) is 3.50. The van der Waals surface area contributed by atoms with Gasteiger partial charge in [0.05, 0.1) is 6.04 Å². The van der Waals surface area contributed by atoms with Gasteiger partial charge in [-0.3, -0.25) is 0 Å². The summed E-state index contributed by atoms with van der Waals surface area (Å²) >= 11 is 1.65. The second kappa shape index (κ2) is 4.00. The van der Waals surface area contributed by atoms with Crippen LogP contribution in [0.15, 0.2) is 17.5 Å². The highest BCUT2D eigenvalue weighted by Gasteiger charge is 2.27. The summed E-state index contributed by atoms with van der Waals surface area (Å²) in [4.78, 5) is 13.7. The molecule has 1 amide bonds. The highest BCUT2D eigenvalue weighted by Crippen LogP contribution is 2.33. The second-order valence-corrected chi connectivity index (χ2v) is 4.48. The maximum atomic E-state index is 11.0. The molecule has 0 aliphatic carbocycles. The lowest BCUT2D eigenvalue weighted by molar-refractivity contribution is 0.108. The molecule has 1 aliphatic rings. The van der Waals surface area contributed by atoms with Crippen LogP contribution in [0.2, 0.25) is 0 Å². The van der Waals surface area contributed by atoms with E-state index in [1.807, 2.05) is 17.5 Å². The fourth-order valence-corrected chi connectivity index (χ4v) is 2.81. The van der Waals surface area contributed by atoms with Crippen LogP contribution in [0.1, 0.15) is 30.2 Å². The van der Waals surface area contributed by atoms with Crippen molar-refractivity contribution in [1.29, 1.82) is 0 Å². The molecule has 0 bridgehead atoms. The third-order valence-electron chi connectivity index (χ3n) is 2.62. The lowest BCUT2D eigenvalue weighted by Gasteiger charge is -2.32. The van der Waals surface area contributed by atoms with E-state index in [1.54, 1.807) is 16.2 Å². The molecule has 1 saturated heterocycles. The quantitative estimate of drug-likeness (QED) is 0.775. The molecule has 1 aliphatic heterocycles. The number of thiophene rings is 1. The first-order valence-corrected chi connectivity index (χ1v) is 5.70. The minimum atomic E-state index is -0.789. The first-order chi connectivity index (χ1) is 6.79. The normalized spacial score (nSPS) is 22.3. The summed E-state index contributed by atoms with van der Waals surface area (Å²) in [5.74, 6) is 0. The number of amides is 1. The lowest BCUT2D eigenvalue weighted by Crippen LogP contribution is -2.37. The summed E-state index contributed by atoms with van der Waals surface area (Å²) in [5.41, 5.74) is 0. The third kappa shape index (κ3) is 1.75. The van der Waals surface area contributed by atoms with Crippen molar-refractivity contribution < 1.29 is 9.90 Å². The molecule has 1 fully saturated rings. The predicted octanol–water partition coefficient (Wildman–Crippen LogP) is 2.95. The molecule has 2 rings (SSSR count). The van der Waals surface area contributed by atoms with Crippen LogP contribution >= 0.6 is 11.3 Å². The summed E-state index contributed by atoms with van der Waals surface area (Å²) in [6, 6.07) is 4.10. The van der Waals surface area contributed by atoms with E-state index in [0.717, 1.165) is 19.3 Å². The highest BCUT2D eigenvalue weighted by atomic mass is 32.1.